The maximum Gasteiger partial charge on any atom is 0.241 e. The highest BCUT2D eigenvalue weighted by molar-refractivity contribution is 7.89. The fraction of sp³-hybridized carbons (Fsp3) is 0.538. The molecule has 0 aliphatic rings. The summed E-state index contributed by atoms with van der Waals surface area (Å²) in [4.78, 5) is 0.178. The minimum absolute atomic E-state index is 0.0681. The monoisotopic (exact) mass is 305 g/mol. The van der Waals surface area contributed by atoms with Gasteiger partial charge in [-0.3, -0.25) is 0 Å². The number of hydrogen-bond acceptors (Lipinski definition) is 3. The third kappa shape index (κ3) is 3.92. The third-order valence-corrected chi connectivity index (χ3v) is 5.52. The lowest BCUT2D eigenvalue weighted by Gasteiger charge is -2.29. The van der Waals surface area contributed by atoms with Gasteiger partial charge in [-0.2, -0.15) is 0 Å². The zero-order valence-corrected chi connectivity index (χ0v) is 13.0. The summed E-state index contributed by atoms with van der Waals surface area (Å²) in [5.74, 6) is 0. The van der Waals surface area contributed by atoms with E-state index in [0.29, 0.717) is 23.4 Å². The minimum atomic E-state index is -3.65. The third-order valence-electron chi connectivity index (χ3n) is 3.33. The number of hydrogen-bond donors (Lipinski definition) is 2. The molecule has 6 heteroatoms. The van der Waals surface area contributed by atoms with Gasteiger partial charge in [-0.15, -0.1) is 0 Å². The summed E-state index contributed by atoms with van der Waals surface area (Å²) in [6, 6.07) is 4.79. The topological polar surface area (TPSA) is 66.4 Å². The number of halogens is 1. The lowest BCUT2D eigenvalue weighted by molar-refractivity contribution is 0.233. The van der Waals surface area contributed by atoms with Crippen molar-refractivity contribution in [2.75, 3.05) is 6.61 Å². The van der Waals surface area contributed by atoms with E-state index in [1.165, 1.54) is 6.07 Å². The number of aliphatic hydroxyl groups is 1. The van der Waals surface area contributed by atoms with Crippen molar-refractivity contribution in [3.8, 4) is 0 Å². The summed E-state index contributed by atoms with van der Waals surface area (Å²) in [5.41, 5.74) is -0.137. The molecule has 1 rings (SSSR count). The first-order valence-electron chi connectivity index (χ1n) is 6.16. The van der Waals surface area contributed by atoms with E-state index in [1.807, 2.05) is 6.92 Å². The van der Waals surface area contributed by atoms with E-state index in [1.54, 1.807) is 26.0 Å². The summed E-state index contributed by atoms with van der Waals surface area (Å²) in [7, 11) is -3.65. The number of rotatable bonds is 6. The average molecular weight is 306 g/mol. The number of aliphatic hydroxyl groups excluding tert-OH is 1. The van der Waals surface area contributed by atoms with E-state index in [0.717, 1.165) is 0 Å². The second kappa shape index (κ2) is 6.22. The Morgan fingerprint density at radius 1 is 1.42 bits per heavy atom. The normalized spacial score (nSPS) is 15.2. The Bertz CT molecular complexity index is 545. The largest absolute Gasteiger partial charge is 0.396 e. The summed E-state index contributed by atoms with van der Waals surface area (Å²) < 4.78 is 27.5. The van der Waals surface area contributed by atoms with Crippen LogP contribution in [-0.4, -0.2) is 25.7 Å². The molecular formula is C13H20ClNO3S. The molecule has 0 radical (unpaired) electrons. The van der Waals surface area contributed by atoms with Crippen LogP contribution < -0.4 is 4.72 Å². The number of benzene rings is 1. The fourth-order valence-corrected chi connectivity index (χ4v) is 3.81. The molecule has 2 N–H and O–H groups in total. The van der Waals surface area contributed by atoms with Crippen molar-refractivity contribution in [1.29, 1.82) is 0 Å². The molecule has 0 saturated carbocycles. The molecule has 0 spiro atoms. The summed E-state index contributed by atoms with van der Waals surface area (Å²) in [5, 5.41) is 9.46. The van der Waals surface area contributed by atoms with Gasteiger partial charge in [-0.1, -0.05) is 24.6 Å². The van der Waals surface area contributed by atoms with Gasteiger partial charge in [0.25, 0.3) is 0 Å². The van der Waals surface area contributed by atoms with Gasteiger partial charge in [0.15, 0.2) is 0 Å². The van der Waals surface area contributed by atoms with Gasteiger partial charge in [0.1, 0.15) is 0 Å². The molecule has 0 aromatic heterocycles. The first kappa shape index (κ1) is 16.4. The van der Waals surface area contributed by atoms with Crippen molar-refractivity contribution in [1.82, 2.24) is 4.72 Å². The number of sulfonamides is 1. The van der Waals surface area contributed by atoms with Gasteiger partial charge in [0, 0.05) is 17.2 Å². The van der Waals surface area contributed by atoms with Gasteiger partial charge in [0.2, 0.25) is 10.0 Å². The van der Waals surface area contributed by atoms with Crippen molar-refractivity contribution < 1.29 is 13.5 Å². The van der Waals surface area contributed by atoms with E-state index in [2.05, 4.69) is 4.72 Å². The van der Waals surface area contributed by atoms with E-state index in [-0.39, 0.29) is 11.5 Å². The Kier molecular flexibility index (Phi) is 5.38. The molecule has 1 aromatic rings. The standard InChI is InChI=1S/C13H20ClNO3S/c1-4-13(3,8-9-16)15-19(17,18)12-7-5-6-11(14)10(12)2/h5-7,15-16H,4,8-9H2,1-3H3. The molecule has 0 amide bonds. The van der Waals surface area contributed by atoms with Crippen molar-refractivity contribution in [2.24, 2.45) is 0 Å². The first-order chi connectivity index (χ1) is 8.75. The Morgan fingerprint density at radius 2 is 2.05 bits per heavy atom. The molecule has 4 nitrogen and oxygen atoms in total. The second-order valence-corrected chi connectivity index (χ2v) is 6.91. The zero-order chi connectivity index (χ0) is 14.7. The number of nitrogens with one attached hydrogen (secondary N) is 1. The van der Waals surface area contributed by atoms with Crippen LogP contribution in [0.4, 0.5) is 0 Å². The Labute approximate surface area is 119 Å². The molecule has 1 aromatic carbocycles. The van der Waals surface area contributed by atoms with Crippen molar-refractivity contribution in [3.05, 3.63) is 28.8 Å². The van der Waals surface area contributed by atoms with Crippen LogP contribution in [0.5, 0.6) is 0 Å². The predicted octanol–water partition coefficient (Wildman–Crippen LogP) is 2.48. The van der Waals surface area contributed by atoms with E-state index < -0.39 is 15.6 Å². The first-order valence-corrected chi connectivity index (χ1v) is 8.02. The summed E-state index contributed by atoms with van der Waals surface area (Å²) in [6.07, 6.45) is 0.953. The minimum Gasteiger partial charge on any atom is -0.396 e. The van der Waals surface area contributed by atoms with Gasteiger partial charge >= 0.3 is 0 Å². The van der Waals surface area contributed by atoms with Crippen molar-refractivity contribution in [2.45, 2.75) is 44.0 Å². The summed E-state index contributed by atoms with van der Waals surface area (Å²) in [6.45, 7) is 5.26. The van der Waals surface area contributed by atoms with Crippen LogP contribution in [0.1, 0.15) is 32.3 Å². The predicted molar refractivity (Wildman–Crippen MR) is 76.9 cm³/mol. The molecular weight excluding hydrogens is 286 g/mol. The molecule has 108 valence electrons. The van der Waals surface area contributed by atoms with E-state index in [4.69, 9.17) is 16.7 Å². The quantitative estimate of drug-likeness (QED) is 0.848. The Morgan fingerprint density at radius 3 is 2.58 bits per heavy atom. The van der Waals surface area contributed by atoms with Gasteiger partial charge < -0.3 is 5.11 Å². The van der Waals surface area contributed by atoms with Crippen LogP contribution >= 0.6 is 11.6 Å². The smallest absolute Gasteiger partial charge is 0.241 e. The van der Waals surface area contributed by atoms with E-state index >= 15 is 0 Å². The molecule has 0 saturated heterocycles. The average Bonchev–Trinajstić information content (AvgIpc) is 2.32. The second-order valence-electron chi connectivity index (χ2n) is 4.86. The molecule has 19 heavy (non-hydrogen) atoms. The van der Waals surface area contributed by atoms with Crippen LogP contribution in [0.25, 0.3) is 0 Å². The van der Waals surface area contributed by atoms with Gasteiger partial charge in [-0.05, 0) is 44.4 Å². The summed E-state index contributed by atoms with van der Waals surface area (Å²) >= 11 is 5.95. The highest BCUT2D eigenvalue weighted by Crippen LogP contribution is 2.25. The maximum absolute atomic E-state index is 12.4. The maximum atomic E-state index is 12.4. The molecule has 0 heterocycles. The molecule has 0 aliphatic carbocycles. The zero-order valence-electron chi connectivity index (χ0n) is 11.4. The van der Waals surface area contributed by atoms with Crippen LogP contribution in [0.15, 0.2) is 23.1 Å². The molecule has 0 bridgehead atoms. The van der Waals surface area contributed by atoms with E-state index in [9.17, 15) is 8.42 Å². The van der Waals surface area contributed by atoms with Crippen LogP contribution in [0, 0.1) is 6.92 Å². The van der Waals surface area contributed by atoms with Crippen LogP contribution in [0.3, 0.4) is 0 Å². The molecule has 0 aliphatic heterocycles. The van der Waals surface area contributed by atoms with Gasteiger partial charge in [-0.25, -0.2) is 13.1 Å². The lowest BCUT2D eigenvalue weighted by Crippen LogP contribution is -2.46. The van der Waals surface area contributed by atoms with Gasteiger partial charge in [0.05, 0.1) is 4.90 Å². The Hall–Kier alpha value is -0.620. The van der Waals surface area contributed by atoms with Crippen LogP contribution in [-0.2, 0) is 10.0 Å². The fourth-order valence-electron chi connectivity index (χ4n) is 1.80. The molecule has 1 atom stereocenters. The van der Waals surface area contributed by atoms with Crippen molar-refractivity contribution >= 4 is 21.6 Å². The lowest BCUT2D eigenvalue weighted by atomic mass is 9.97. The SMILES string of the molecule is CCC(C)(CCO)NS(=O)(=O)c1cccc(Cl)c1C. The highest BCUT2D eigenvalue weighted by Gasteiger charge is 2.29. The molecule has 0 fully saturated rings. The molecule has 1 unspecified atom stereocenters. The Balaban J connectivity index is 3.15. The van der Waals surface area contributed by atoms with Crippen molar-refractivity contribution in [3.63, 3.8) is 0 Å². The highest BCUT2D eigenvalue weighted by atomic mass is 35.5. The van der Waals surface area contributed by atoms with Crippen LogP contribution in [0.2, 0.25) is 5.02 Å².